The first-order valence-electron chi connectivity index (χ1n) is 8.31. The number of hydroxylamine groups is 2. The summed E-state index contributed by atoms with van der Waals surface area (Å²) in [7, 11) is 0. The summed E-state index contributed by atoms with van der Waals surface area (Å²) in [6, 6.07) is -0.663. The minimum Gasteiger partial charge on any atom is -0.328 e. The van der Waals surface area contributed by atoms with E-state index in [4.69, 9.17) is 19.0 Å². The average Bonchev–Trinajstić information content (AvgIpc) is 2.71. The number of urea groups is 1. The van der Waals surface area contributed by atoms with E-state index in [0.29, 0.717) is 24.9 Å². The molecule has 1 N–H and O–H groups in total. The molecule has 0 radical (unpaired) electrons. The number of carbonyl (C=O) groups is 2. The third kappa shape index (κ3) is 5.06. The van der Waals surface area contributed by atoms with Crippen molar-refractivity contribution in [3.63, 3.8) is 0 Å². The van der Waals surface area contributed by atoms with Crippen molar-refractivity contribution in [1.29, 1.82) is 0 Å². The molecular weight excluding hydrogens is 336 g/mol. The van der Waals surface area contributed by atoms with Crippen LogP contribution in [0.2, 0.25) is 0 Å². The van der Waals surface area contributed by atoms with Crippen LogP contribution in [0.4, 0.5) is 4.79 Å². The van der Waals surface area contributed by atoms with Gasteiger partial charge in [0.15, 0.2) is 4.87 Å². The third-order valence-electron chi connectivity index (χ3n) is 3.32. The maximum atomic E-state index is 12.6. The number of ether oxygens (including phenoxy) is 3. The van der Waals surface area contributed by atoms with E-state index >= 15 is 0 Å². The van der Waals surface area contributed by atoms with E-state index < -0.39 is 22.8 Å². The highest BCUT2D eigenvalue weighted by molar-refractivity contribution is 7.82. The fraction of sp³-hybridized carbons (Fsp3) is 0.867. The third-order valence-corrected chi connectivity index (χ3v) is 3.78. The molecule has 1 heterocycles. The van der Waals surface area contributed by atoms with Crippen molar-refractivity contribution in [2.45, 2.75) is 57.8 Å². The van der Waals surface area contributed by atoms with Gasteiger partial charge in [0.05, 0.1) is 13.0 Å². The first kappa shape index (κ1) is 21.2. The molecule has 0 aromatic heterocycles. The summed E-state index contributed by atoms with van der Waals surface area (Å²) in [5.74, 6) is -2.09. The van der Waals surface area contributed by atoms with Crippen LogP contribution in [0.25, 0.3) is 0 Å². The summed E-state index contributed by atoms with van der Waals surface area (Å²) in [4.78, 5) is 28.4. The number of carbonyl (C=O) groups excluding carboxylic acids is 2. The van der Waals surface area contributed by atoms with Gasteiger partial charge in [-0.05, 0) is 27.2 Å². The number of imide groups is 1. The summed E-state index contributed by atoms with van der Waals surface area (Å²) in [5, 5.41) is 3.23. The van der Waals surface area contributed by atoms with E-state index in [-0.39, 0.29) is 13.0 Å². The molecule has 1 aliphatic rings. The van der Waals surface area contributed by atoms with Gasteiger partial charge in [-0.3, -0.25) is 9.63 Å². The second-order valence-electron chi connectivity index (χ2n) is 5.24. The zero-order valence-corrected chi connectivity index (χ0v) is 15.7. The lowest BCUT2D eigenvalue weighted by Gasteiger charge is -2.36. The highest BCUT2D eigenvalue weighted by Gasteiger charge is 2.55. The van der Waals surface area contributed by atoms with E-state index in [1.807, 2.05) is 6.92 Å². The van der Waals surface area contributed by atoms with Crippen molar-refractivity contribution in [1.82, 2.24) is 10.4 Å². The molecule has 8 nitrogen and oxygen atoms in total. The van der Waals surface area contributed by atoms with Crippen LogP contribution in [0.15, 0.2) is 0 Å². The number of unbranched alkanes of at least 4 members (excludes halogenated alkanes) is 1. The Morgan fingerprint density at radius 3 is 2.08 bits per heavy atom. The molecule has 0 saturated carbocycles. The predicted molar refractivity (Wildman–Crippen MR) is 90.2 cm³/mol. The van der Waals surface area contributed by atoms with Crippen LogP contribution in [0.1, 0.15) is 47.0 Å². The molecule has 0 bridgehead atoms. The molecule has 1 unspecified atom stereocenters. The maximum absolute atomic E-state index is 12.6. The molecule has 1 rings (SSSR count). The van der Waals surface area contributed by atoms with E-state index in [2.05, 4.69) is 17.9 Å². The van der Waals surface area contributed by atoms with Crippen molar-refractivity contribution >= 4 is 24.6 Å². The first-order chi connectivity index (χ1) is 11.4. The molecule has 1 saturated heterocycles. The molecule has 9 heteroatoms. The Labute approximate surface area is 148 Å². The van der Waals surface area contributed by atoms with E-state index in [1.54, 1.807) is 20.8 Å². The van der Waals surface area contributed by atoms with Gasteiger partial charge in [0.2, 0.25) is 0 Å². The summed E-state index contributed by atoms with van der Waals surface area (Å²) >= 11 is 4.37. The van der Waals surface area contributed by atoms with Crippen LogP contribution in [-0.4, -0.2) is 54.3 Å². The van der Waals surface area contributed by atoms with Crippen molar-refractivity contribution < 1.29 is 28.6 Å². The lowest BCUT2D eigenvalue weighted by Crippen LogP contribution is -2.52. The molecule has 140 valence electrons. The van der Waals surface area contributed by atoms with Crippen LogP contribution in [-0.2, 0) is 23.8 Å². The second kappa shape index (κ2) is 9.57. The Kier molecular flexibility index (Phi) is 8.44. The van der Waals surface area contributed by atoms with Gasteiger partial charge in [-0.2, -0.15) is 0 Å². The predicted octanol–water partition coefficient (Wildman–Crippen LogP) is 2.05. The highest BCUT2D eigenvalue weighted by Crippen LogP contribution is 2.34. The average molecular weight is 364 g/mol. The Morgan fingerprint density at radius 1 is 1.08 bits per heavy atom. The van der Waals surface area contributed by atoms with Crippen LogP contribution in [0.5, 0.6) is 0 Å². The summed E-state index contributed by atoms with van der Waals surface area (Å²) in [6.45, 7) is 8.54. The summed E-state index contributed by atoms with van der Waals surface area (Å²) < 4.78 is 16.8. The molecule has 3 amide bonds. The van der Waals surface area contributed by atoms with Crippen LogP contribution in [0, 0.1) is 0 Å². The summed E-state index contributed by atoms with van der Waals surface area (Å²) in [5.41, 5.74) is 0. The Hall–Kier alpha value is -0.870. The van der Waals surface area contributed by atoms with Gasteiger partial charge in [-0.15, -0.1) is 17.7 Å². The quantitative estimate of drug-likeness (QED) is 0.239. The molecule has 0 aromatic rings. The van der Waals surface area contributed by atoms with Gasteiger partial charge in [-0.25, -0.2) is 4.79 Å². The van der Waals surface area contributed by atoms with Gasteiger partial charge in [0.1, 0.15) is 0 Å². The van der Waals surface area contributed by atoms with Gasteiger partial charge in [-0.1, -0.05) is 13.3 Å². The normalized spacial score (nSPS) is 21.5. The largest absolute Gasteiger partial charge is 0.350 e. The Balaban J connectivity index is 2.92. The zero-order valence-electron chi connectivity index (χ0n) is 14.8. The summed E-state index contributed by atoms with van der Waals surface area (Å²) in [6.07, 6.45) is 1.51. The molecule has 1 atom stereocenters. The molecule has 1 fully saturated rings. The number of amides is 3. The molecule has 0 aromatic carbocycles. The topological polar surface area (TPSA) is 86.3 Å². The molecule has 24 heavy (non-hydrogen) atoms. The van der Waals surface area contributed by atoms with Crippen molar-refractivity contribution in [3.05, 3.63) is 0 Å². The van der Waals surface area contributed by atoms with Crippen LogP contribution in [0.3, 0.4) is 0 Å². The second-order valence-corrected chi connectivity index (χ2v) is 6.00. The zero-order chi connectivity index (χ0) is 18.2. The fourth-order valence-corrected chi connectivity index (χ4v) is 2.71. The monoisotopic (exact) mass is 364 g/mol. The lowest BCUT2D eigenvalue weighted by atomic mass is 10.1. The van der Waals surface area contributed by atoms with Gasteiger partial charge in [0, 0.05) is 19.8 Å². The standard InChI is InChI=1S/C15H28N2O6S/c1-5-9-10-23-17-12(18)14(24,16-13(17)19)11-15(20-6-2,21-7-3)22-8-4/h24H,5-11H2,1-4H3,(H,16,19). The molecule has 0 spiro atoms. The Morgan fingerprint density at radius 2 is 1.62 bits per heavy atom. The van der Waals surface area contributed by atoms with Gasteiger partial charge >= 0.3 is 6.03 Å². The number of thiol groups is 1. The smallest absolute Gasteiger partial charge is 0.328 e. The number of hydrogen-bond donors (Lipinski definition) is 2. The Bertz CT molecular complexity index is 419. The minimum atomic E-state index is -1.54. The van der Waals surface area contributed by atoms with E-state index in [1.165, 1.54) is 0 Å². The fourth-order valence-electron chi connectivity index (χ4n) is 2.33. The van der Waals surface area contributed by atoms with Gasteiger partial charge in [0.25, 0.3) is 11.9 Å². The van der Waals surface area contributed by atoms with Crippen molar-refractivity contribution in [2.24, 2.45) is 0 Å². The molecule has 0 aliphatic carbocycles. The van der Waals surface area contributed by atoms with Crippen molar-refractivity contribution in [2.75, 3.05) is 26.4 Å². The lowest BCUT2D eigenvalue weighted by molar-refractivity contribution is -0.381. The number of nitrogens with one attached hydrogen (secondary N) is 1. The first-order valence-corrected chi connectivity index (χ1v) is 8.76. The van der Waals surface area contributed by atoms with Crippen LogP contribution < -0.4 is 5.32 Å². The van der Waals surface area contributed by atoms with E-state index in [0.717, 1.165) is 12.8 Å². The SMILES string of the molecule is CCCCON1C(=O)NC(S)(CC(OCC)(OCC)OCC)C1=O. The van der Waals surface area contributed by atoms with Gasteiger partial charge < -0.3 is 19.5 Å². The molecular formula is C15H28N2O6S. The van der Waals surface area contributed by atoms with Crippen LogP contribution >= 0.6 is 12.6 Å². The highest BCUT2D eigenvalue weighted by atomic mass is 32.1. The number of nitrogens with zero attached hydrogens (tertiary/aromatic N) is 1. The minimum absolute atomic E-state index is 0.114. The number of rotatable bonds is 12. The maximum Gasteiger partial charge on any atom is 0.350 e. The number of hydrogen-bond acceptors (Lipinski definition) is 7. The van der Waals surface area contributed by atoms with Crippen molar-refractivity contribution in [3.8, 4) is 0 Å². The van der Waals surface area contributed by atoms with E-state index in [9.17, 15) is 9.59 Å². The molecule has 1 aliphatic heterocycles.